The van der Waals surface area contributed by atoms with E-state index in [4.69, 9.17) is 4.74 Å². The van der Waals surface area contributed by atoms with Gasteiger partial charge < -0.3 is 15.2 Å². The number of amides is 1. The molecule has 0 bridgehead atoms. The van der Waals surface area contributed by atoms with Crippen LogP contribution in [0.1, 0.15) is 28.9 Å². The van der Waals surface area contributed by atoms with E-state index in [2.05, 4.69) is 10.4 Å². The summed E-state index contributed by atoms with van der Waals surface area (Å²) in [4.78, 5) is 25.4. The van der Waals surface area contributed by atoms with E-state index in [-0.39, 0.29) is 17.0 Å². The highest BCUT2D eigenvalue weighted by Crippen LogP contribution is 2.24. The van der Waals surface area contributed by atoms with Gasteiger partial charge >= 0.3 is 6.18 Å². The van der Waals surface area contributed by atoms with Crippen molar-refractivity contribution in [1.29, 1.82) is 0 Å². The van der Waals surface area contributed by atoms with Gasteiger partial charge in [-0.25, -0.2) is 0 Å². The molecule has 0 aliphatic rings. The average Bonchev–Trinajstić information content (AvgIpc) is 2.72. The molecule has 1 heterocycles. The third-order valence-electron chi connectivity index (χ3n) is 4.23. The number of nitrogens with zero attached hydrogens (tertiary/aromatic N) is 2. The Kier molecular flexibility index (Phi) is 6.40. The smallest absolute Gasteiger partial charge is 0.422 e. The van der Waals surface area contributed by atoms with Crippen molar-refractivity contribution in [3.05, 3.63) is 82.3 Å². The van der Waals surface area contributed by atoms with E-state index in [0.717, 1.165) is 4.68 Å². The Morgan fingerprint density at radius 3 is 2.48 bits per heavy atom. The van der Waals surface area contributed by atoms with Gasteiger partial charge in [-0.05, 0) is 42.8 Å². The molecule has 3 aromatic rings. The molecule has 1 atom stereocenters. The van der Waals surface area contributed by atoms with E-state index < -0.39 is 30.4 Å². The molecule has 7 nitrogen and oxygen atoms in total. The van der Waals surface area contributed by atoms with Crippen LogP contribution >= 0.6 is 0 Å². The van der Waals surface area contributed by atoms with Gasteiger partial charge in [-0.3, -0.25) is 9.59 Å². The van der Waals surface area contributed by atoms with Crippen molar-refractivity contribution in [3.63, 3.8) is 0 Å². The zero-order chi connectivity index (χ0) is 22.6. The van der Waals surface area contributed by atoms with Crippen LogP contribution in [0.15, 0.2) is 65.6 Å². The zero-order valence-electron chi connectivity index (χ0n) is 16.3. The first-order chi connectivity index (χ1) is 14.7. The lowest BCUT2D eigenvalue weighted by molar-refractivity contribution is -0.153. The molecule has 31 heavy (non-hydrogen) atoms. The summed E-state index contributed by atoms with van der Waals surface area (Å²) in [6.07, 6.45) is -4.04. The summed E-state index contributed by atoms with van der Waals surface area (Å²) in [6.45, 7) is 0.0602. The van der Waals surface area contributed by atoms with Crippen molar-refractivity contribution in [2.75, 3.05) is 11.9 Å². The van der Waals surface area contributed by atoms with E-state index in [1.54, 1.807) is 31.2 Å². The number of para-hydroxylation sites is 2. The minimum absolute atomic E-state index is 0.0345. The van der Waals surface area contributed by atoms with Gasteiger partial charge in [0.1, 0.15) is 17.0 Å². The van der Waals surface area contributed by atoms with Crippen molar-refractivity contribution < 1.29 is 27.8 Å². The number of carbonyl (C=O) groups is 1. The molecule has 1 amide bonds. The highest BCUT2D eigenvalue weighted by molar-refractivity contribution is 6.04. The number of ether oxygens (including phenoxy) is 1. The van der Waals surface area contributed by atoms with Crippen molar-refractivity contribution in [1.82, 2.24) is 9.78 Å². The summed E-state index contributed by atoms with van der Waals surface area (Å²) < 4.78 is 43.2. The standard InChI is InChI=1S/C21H18F3N3O4/c1-13(28)14-6-8-15(9-7-14)26-19(29)16-10-11-25-27(20(16)30)17-4-2-3-5-18(17)31-12-21(22,23)24/h2-11,13,28H,12H2,1H3,(H,26,29). The maximum Gasteiger partial charge on any atom is 0.422 e. The molecule has 162 valence electrons. The lowest BCUT2D eigenvalue weighted by Gasteiger charge is -2.14. The van der Waals surface area contributed by atoms with Crippen LogP contribution in [0.2, 0.25) is 0 Å². The second-order valence-corrected chi connectivity index (χ2v) is 6.59. The molecular weight excluding hydrogens is 415 g/mol. The molecule has 0 saturated carbocycles. The number of hydrogen-bond donors (Lipinski definition) is 2. The van der Waals surface area contributed by atoms with Crippen molar-refractivity contribution in [2.45, 2.75) is 19.2 Å². The van der Waals surface area contributed by atoms with Crippen LogP contribution in [-0.2, 0) is 0 Å². The third kappa shape index (κ3) is 5.48. The predicted octanol–water partition coefficient (Wildman–Crippen LogP) is 3.48. The molecule has 10 heteroatoms. The van der Waals surface area contributed by atoms with E-state index in [1.807, 2.05) is 0 Å². The average molecular weight is 433 g/mol. The Bertz CT molecular complexity index is 1130. The van der Waals surface area contributed by atoms with Gasteiger partial charge in [0, 0.05) is 11.9 Å². The Labute approximate surface area is 174 Å². The summed E-state index contributed by atoms with van der Waals surface area (Å²) in [5.74, 6) is -0.930. The van der Waals surface area contributed by atoms with E-state index in [1.165, 1.54) is 36.5 Å². The molecule has 0 aliphatic heterocycles. The fourth-order valence-electron chi connectivity index (χ4n) is 2.71. The second-order valence-electron chi connectivity index (χ2n) is 6.59. The van der Waals surface area contributed by atoms with Crippen LogP contribution in [0, 0.1) is 0 Å². The fraction of sp³-hybridized carbons (Fsp3) is 0.190. The van der Waals surface area contributed by atoms with Crippen LogP contribution in [-0.4, -0.2) is 33.6 Å². The van der Waals surface area contributed by atoms with Gasteiger partial charge in [0.2, 0.25) is 0 Å². The summed E-state index contributed by atoms with van der Waals surface area (Å²) in [6, 6.07) is 13.2. The number of anilines is 1. The van der Waals surface area contributed by atoms with Crippen LogP contribution < -0.4 is 15.6 Å². The lowest BCUT2D eigenvalue weighted by Crippen LogP contribution is -2.30. The topological polar surface area (TPSA) is 93.5 Å². The quantitative estimate of drug-likeness (QED) is 0.621. The molecule has 2 N–H and O–H groups in total. The number of nitrogens with one attached hydrogen (secondary N) is 1. The monoisotopic (exact) mass is 433 g/mol. The molecule has 0 fully saturated rings. The summed E-state index contributed by atoms with van der Waals surface area (Å²) in [5, 5.41) is 16.0. The first-order valence-corrected chi connectivity index (χ1v) is 9.12. The zero-order valence-corrected chi connectivity index (χ0v) is 16.3. The number of benzene rings is 2. The Hall–Kier alpha value is -3.66. The maximum absolute atomic E-state index is 12.8. The van der Waals surface area contributed by atoms with Gasteiger partial charge in [-0.2, -0.15) is 23.0 Å². The highest BCUT2D eigenvalue weighted by atomic mass is 19.4. The van der Waals surface area contributed by atoms with Gasteiger partial charge in [0.15, 0.2) is 6.61 Å². The van der Waals surface area contributed by atoms with E-state index in [0.29, 0.717) is 11.3 Å². The van der Waals surface area contributed by atoms with Crippen LogP contribution in [0.4, 0.5) is 18.9 Å². The minimum Gasteiger partial charge on any atom is -0.482 e. The lowest BCUT2D eigenvalue weighted by atomic mass is 10.1. The van der Waals surface area contributed by atoms with Crippen molar-refractivity contribution in [3.8, 4) is 11.4 Å². The summed E-state index contributed by atoms with van der Waals surface area (Å²) in [5.41, 5.74) is -0.0811. The summed E-state index contributed by atoms with van der Waals surface area (Å²) in [7, 11) is 0. The molecule has 1 aromatic heterocycles. The molecule has 2 aromatic carbocycles. The number of carbonyl (C=O) groups excluding carboxylic acids is 1. The number of hydrogen-bond acceptors (Lipinski definition) is 5. The number of aliphatic hydroxyl groups excluding tert-OH is 1. The number of alkyl halides is 3. The fourth-order valence-corrected chi connectivity index (χ4v) is 2.71. The summed E-state index contributed by atoms with van der Waals surface area (Å²) >= 11 is 0. The first kappa shape index (κ1) is 22.0. The predicted molar refractivity (Wildman–Crippen MR) is 106 cm³/mol. The molecule has 0 aliphatic carbocycles. The molecule has 1 unspecified atom stereocenters. The SMILES string of the molecule is CC(O)c1ccc(NC(=O)c2ccnn(-c3ccccc3OCC(F)(F)F)c2=O)cc1. The van der Waals surface area contributed by atoms with Gasteiger partial charge in [-0.1, -0.05) is 24.3 Å². The number of rotatable bonds is 6. The maximum atomic E-state index is 12.8. The number of aliphatic hydroxyl groups is 1. The van der Waals surface area contributed by atoms with Crippen LogP contribution in [0.3, 0.4) is 0 Å². The third-order valence-corrected chi connectivity index (χ3v) is 4.23. The molecule has 0 spiro atoms. The van der Waals surface area contributed by atoms with Crippen LogP contribution in [0.5, 0.6) is 5.75 Å². The Morgan fingerprint density at radius 2 is 1.84 bits per heavy atom. The molecular formula is C21H18F3N3O4. The number of halogens is 3. The Balaban J connectivity index is 1.88. The van der Waals surface area contributed by atoms with Gasteiger partial charge in [-0.15, -0.1) is 0 Å². The Morgan fingerprint density at radius 1 is 1.16 bits per heavy atom. The van der Waals surface area contributed by atoms with Crippen LogP contribution in [0.25, 0.3) is 5.69 Å². The molecule has 3 rings (SSSR count). The van der Waals surface area contributed by atoms with E-state index in [9.17, 15) is 27.9 Å². The van der Waals surface area contributed by atoms with Gasteiger partial charge in [0.25, 0.3) is 11.5 Å². The second kappa shape index (κ2) is 9.00. The number of aromatic nitrogens is 2. The van der Waals surface area contributed by atoms with Crippen molar-refractivity contribution in [2.24, 2.45) is 0 Å². The largest absolute Gasteiger partial charge is 0.482 e. The first-order valence-electron chi connectivity index (χ1n) is 9.12. The molecule has 0 saturated heterocycles. The highest BCUT2D eigenvalue weighted by Gasteiger charge is 2.29. The van der Waals surface area contributed by atoms with Crippen molar-refractivity contribution >= 4 is 11.6 Å². The normalized spacial score (nSPS) is 12.3. The van der Waals surface area contributed by atoms with E-state index >= 15 is 0 Å². The molecule has 0 radical (unpaired) electrons. The van der Waals surface area contributed by atoms with Gasteiger partial charge in [0.05, 0.1) is 6.10 Å². The minimum atomic E-state index is -4.56.